The van der Waals surface area contributed by atoms with Gasteiger partial charge in [-0.3, -0.25) is 9.48 Å². The summed E-state index contributed by atoms with van der Waals surface area (Å²) in [5.74, 6) is 0.308. The SMILES string of the molecule is CCn1cc(CC(=O)C2CCCCCN2)cn1. The van der Waals surface area contributed by atoms with Gasteiger partial charge in [-0.25, -0.2) is 0 Å². The molecule has 0 aliphatic carbocycles. The lowest BCUT2D eigenvalue weighted by molar-refractivity contribution is -0.120. The molecule has 0 bridgehead atoms. The molecule has 0 aromatic carbocycles. The number of Topliss-reactive ketones (excluding diaryl/α,β-unsaturated/α-hetero) is 1. The minimum Gasteiger partial charge on any atom is -0.307 e. The average molecular weight is 235 g/mol. The van der Waals surface area contributed by atoms with Crippen LogP contribution in [0.2, 0.25) is 0 Å². The molecule has 1 saturated heterocycles. The van der Waals surface area contributed by atoms with Crippen LogP contribution in [0.1, 0.15) is 38.2 Å². The fourth-order valence-electron chi connectivity index (χ4n) is 2.30. The number of nitrogens with one attached hydrogen (secondary N) is 1. The lowest BCUT2D eigenvalue weighted by Crippen LogP contribution is -2.36. The van der Waals surface area contributed by atoms with E-state index in [2.05, 4.69) is 10.4 Å². The second kappa shape index (κ2) is 5.96. The maximum absolute atomic E-state index is 12.1. The first-order valence-electron chi connectivity index (χ1n) is 6.57. The third kappa shape index (κ3) is 3.40. The van der Waals surface area contributed by atoms with Gasteiger partial charge in [0.05, 0.1) is 12.2 Å². The Labute approximate surface area is 102 Å². The highest BCUT2D eigenvalue weighted by Gasteiger charge is 2.19. The third-order valence-electron chi connectivity index (χ3n) is 3.34. The van der Waals surface area contributed by atoms with Crippen molar-refractivity contribution >= 4 is 5.78 Å². The predicted molar refractivity (Wildman–Crippen MR) is 66.9 cm³/mol. The maximum atomic E-state index is 12.1. The Balaban J connectivity index is 1.90. The summed E-state index contributed by atoms with van der Waals surface area (Å²) in [5.41, 5.74) is 1.03. The van der Waals surface area contributed by atoms with Crippen LogP contribution in [0.15, 0.2) is 12.4 Å². The Hall–Kier alpha value is -1.16. The Bertz CT molecular complexity index is 364. The van der Waals surface area contributed by atoms with Crippen LogP contribution in [-0.4, -0.2) is 28.2 Å². The molecular weight excluding hydrogens is 214 g/mol. The van der Waals surface area contributed by atoms with E-state index in [-0.39, 0.29) is 6.04 Å². The van der Waals surface area contributed by atoms with E-state index in [4.69, 9.17) is 0 Å². The fourth-order valence-corrected chi connectivity index (χ4v) is 2.30. The number of carbonyl (C=O) groups excluding carboxylic acids is 1. The van der Waals surface area contributed by atoms with Crippen molar-refractivity contribution in [1.82, 2.24) is 15.1 Å². The van der Waals surface area contributed by atoms with Crippen LogP contribution in [0.5, 0.6) is 0 Å². The number of hydrogen-bond acceptors (Lipinski definition) is 3. The van der Waals surface area contributed by atoms with E-state index >= 15 is 0 Å². The second-order valence-electron chi connectivity index (χ2n) is 4.70. The molecule has 0 amide bonds. The summed E-state index contributed by atoms with van der Waals surface area (Å²) in [4.78, 5) is 12.1. The first kappa shape index (κ1) is 12.3. The van der Waals surface area contributed by atoms with E-state index in [0.717, 1.165) is 31.5 Å². The lowest BCUT2D eigenvalue weighted by atomic mass is 10.0. The van der Waals surface area contributed by atoms with Gasteiger partial charge in [0.2, 0.25) is 0 Å². The van der Waals surface area contributed by atoms with Crippen LogP contribution in [0.3, 0.4) is 0 Å². The molecule has 1 atom stereocenters. The Morgan fingerprint density at radius 1 is 1.53 bits per heavy atom. The molecule has 1 unspecified atom stereocenters. The van der Waals surface area contributed by atoms with E-state index < -0.39 is 0 Å². The molecule has 17 heavy (non-hydrogen) atoms. The van der Waals surface area contributed by atoms with Gasteiger partial charge in [0.15, 0.2) is 5.78 Å². The number of carbonyl (C=O) groups is 1. The summed E-state index contributed by atoms with van der Waals surface area (Å²) in [6, 6.07) is 0.0578. The van der Waals surface area contributed by atoms with Crippen LogP contribution in [0.4, 0.5) is 0 Å². The molecule has 4 heteroatoms. The molecule has 1 aromatic heterocycles. The number of aromatic nitrogens is 2. The van der Waals surface area contributed by atoms with E-state index in [1.54, 1.807) is 6.20 Å². The van der Waals surface area contributed by atoms with Crippen LogP contribution < -0.4 is 5.32 Å². The predicted octanol–water partition coefficient (Wildman–Crippen LogP) is 1.55. The summed E-state index contributed by atoms with van der Waals surface area (Å²) in [6.45, 7) is 3.88. The number of rotatable bonds is 4. The molecule has 0 saturated carbocycles. The quantitative estimate of drug-likeness (QED) is 0.861. The molecule has 1 N–H and O–H groups in total. The second-order valence-corrected chi connectivity index (χ2v) is 4.70. The zero-order valence-electron chi connectivity index (χ0n) is 10.5. The topological polar surface area (TPSA) is 46.9 Å². The summed E-state index contributed by atoms with van der Waals surface area (Å²) >= 11 is 0. The van der Waals surface area contributed by atoms with Gasteiger partial charge in [-0.05, 0) is 31.9 Å². The Kier molecular flexibility index (Phi) is 4.31. The minimum absolute atomic E-state index is 0.0578. The van der Waals surface area contributed by atoms with E-state index in [0.29, 0.717) is 12.2 Å². The number of hydrogen-bond donors (Lipinski definition) is 1. The van der Waals surface area contributed by atoms with Gasteiger partial charge in [-0.2, -0.15) is 5.10 Å². The Morgan fingerprint density at radius 2 is 2.41 bits per heavy atom. The molecule has 1 fully saturated rings. The number of nitrogens with zero attached hydrogens (tertiary/aromatic N) is 2. The highest BCUT2D eigenvalue weighted by molar-refractivity contribution is 5.86. The van der Waals surface area contributed by atoms with Gasteiger partial charge >= 0.3 is 0 Å². The summed E-state index contributed by atoms with van der Waals surface area (Å²) in [6.07, 6.45) is 8.87. The van der Waals surface area contributed by atoms with Crippen molar-refractivity contribution in [3.05, 3.63) is 18.0 Å². The number of aryl methyl sites for hydroxylation is 1. The minimum atomic E-state index is 0.0578. The summed E-state index contributed by atoms with van der Waals surface area (Å²) < 4.78 is 1.86. The third-order valence-corrected chi connectivity index (χ3v) is 3.34. The van der Waals surface area contributed by atoms with Gasteiger partial charge in [0, 0.05) is 19.2 Å². The van der Waals surface area contributed by atoms with Crippen molar-refractivity contribution in [3.63, 3.8) is 0 Å². The molecule has 0 spiro atoms. The van der Waals surface area contributed by atoms with Crippen molar-refractivity contribution in [1.29, 1.82) is 0 Å². The molecule has 2 heterocycles. The van der Waals surface area contributed by atoms with E-state index in [1.807, 2.05) is 17.8 Å². The van der Waals surface area contributed by atoms with Crippen LogP contribution in [-0.2, 0) is 17.8 Å². The molecule has 0 radical (unpaired) electrons. The Morgan fingerprint density at radius 3 is 3.18 bits per heavy atom. The zero-order valence-corrected chi connectivity index (χ0v) is 10.5. The van der Waals surface area contributed by atoms with Crippen molar-refractivity contribution < 1.29 is 4.79 Å². The molecule has 2 rings (SSSR count). The molecule has 94 valence electrons. The van der Waals surface area contributed by atoms with Gasteiger partial charge in [-0.1, -0.05) is 12.8 Å². The van der Waals surface area contributed by atoms with Gasteiger partial charge in [0.1, 0.15) is 0 Å². The van der Waals surface area contributed by atoms with Gasteiger partial charge in [-0.15, -0.1) is 0 Å². The molecular formula is C13H21N3O. The highest BCUT2D eigenvalue weighted by atomic mass is 16.1. The lowest BCUT2D eigenvalue weighted by Gasteiger charge is -2.13. The standard InChI is InChI=1S/C13H21N3O/c1-2-16-10-11(9-15-16)8-13(17)12-6-4-3-5-7-14-12/h9-10,12,14H,2-8H2,1H3. The first-order valence-corrected chi connectivity index (χ1v) is 6.57. The van der Waals surface area contributed by atoms with Crippen molar-refractivity contribution in [2.45, 2.75) is 51.6 Å². The fraction of sp³-hybridized carbons (Fsp3) is 0.692. The zero-order chi connectivity index (χ0) is 12.1. The molecule has 1 aromatic rings. The van der Waals surface area contributed by atoms with E-state index in [9.17, 15) is 4.79 Å². The smallest absolute Gasteiger partial charge is 0.154 e. The van der Waals surface area contributed by atoms with Crippen LogP contribution in [0, 0.1) is 0 Å². The van der Waals surface area contributed by atoms with Crippen LogP contribution >= 0.6 is 0 Å². The largest absolute Gasteiger partial charge is 0.307 e. The van der Waals surface area contributed by atoms with Crippen LogP contribution in [0.25, 0.3) is 0 Å². The molecule has 4 nitrogen and oxygen atoms in total. The van der Waals surface area contributed by atoms with Crippen molar-refractivity contribution in [2.24, 2.45) is 0 Å². The molecule has 1 aliphatic heterocycles. The monoisotopic (exact) mass is 235 g/mol. The number of ketones is 1. The van der Waals surface area contributed by atoms with Crippen molar-refractivity contribution in [2.75, 3.05) is 6.54 Å². The van der Waals surface area contributed by atoms with E-state index in [1.165, 1.54) is 12.8 Å². The van der Waals surface area contributed by atoms with Gasteiger partial charge in [0.25, 0.3) is 0 Å². The van der Waals surface area contributed by atoms with Crippen molar-refractivity contribution in [3.8, 4) is 0 Å². The average Bonchev–Trinajstić information content (AvgIpc) is 2.62. The molecule has 1 aliphatic rings. The van der Waals surface area contributed by atoms with Gasteiger partial charge < -0.3 is 5.32 Å². The normalized spacial score (nSPS) is 21.1. The summed E-state index contributed by atoms with van der Waals surface area (Å²) in [7, 11) is 0. The first-order chi connectivity index (χ1) is 8.29. The maximum Gasteiger partial charge on any atom is 0.154 e. The highest BCUT2D eigenvalue weighted by Crippen LogP contribution is 2.11. The summed E-state index contributed by atoms with van der Waals surface area (Å²) in [5, 5.41) is 7.54.